The van der Waals surface area contributed by atoms with Crippen LogP contribution < -0.4 is 5.56 Å². The zero-order valence-corrected chi connectivity index (χ0v) is 8.80. The maximum atomic E-state index is 11.5. The molecule has 4 heteroatoms. The number of rotatable bonds is 2. The van der Waals surface area contributed by atoms with Gasteiger partial charge < -0.3 is 0 Å². The molecule has 1 rings (SSSR count). The lowest BCUT2D eigenvalue weighted by atomic mass is 10.2. The summed E-state index contributed by atoms with van der Waals surface area (Å²) in [5.41, 5.74) is 0.582. The fourth-order valence-corrected chi connectivity index (χ4v) is 1.36. The molecule has 0 N–H and O–H groups in total. The first-order chi connectivity index (χ1) is 6.00. The highest BCUT2D eigenvalue weighted by Gasteiger charge is 2.04. The molecule has 0 aromatic carbocycles. The van der Waals surface area contributed by atoms with E-state index in [-0.39, 0.29) is 5.56 Å². The third-order valence-electron chi connectivity index (χ3n) is 1.66. The molecule has 0 saturated heterocycles. The summed E-state index contributed by atoms with van der Waals surface area (Å²) in [7, 11) is 0. The highest BCUT2D eigenvalue weighted by molar-refractivity contribution is 6.29. The monoisotopic (exact) mass is 200 g/mol. The van der Waals surface area contributed by atoms with E-state index in [1.54, 1.807) is 13.0 Å². The van der Waals surface area contributed by atoms with E-state index in [1.807, 2.05) is 13.8 Å². The Morgan fingerprint density at radius 3 is 2.77 bits per heavy atom. The van der Waals surface area contributed by atoms with Gasteiger partial charge in [-0.05, 0) is 18.9 Å². The van der Waals surface area contributed by atoms with Crippen LogP contribution in [-0.4, -0.2) is 9.78 Å². The first-order valence-corrected chi connectivity index (χ1v) is 4.62. The summed E-state index contributed by atoms with van der Waals surface area (Å²) < 4.78 is 1.42. The molecule has 13 heavy (non-hydrogen) atoms. The van der Waals surface area contributed by atoms with Crippen molar-refractivity contribution in [3.8, 4) is 0 Å². The number of hydrogen-bond acceptors (Lipinski definition) is 2. The Bertz CT molecular complexity index is 357. The fourth-order valence-electron chi connectivity index (χ4n) is 1.10. The van der Waals surface area contributed by atoms with Crippen molar-refractivity contribution in [3.63, 3.8) is 0 Å². The van der Waals surface area contributed by atoms with Crippen LogP contribution in [0.4, 0.5) is 0 Å². The molecule has 0 aliphatic rings. The first kappa shape index (κ1) is 10.3. The van der Waals surface area contributed by atoms with Gasteiger partial charge in [0.1, 0.15) is 5.15 Å². The molecule has 1 aromatic rings. The first-order valence-electron chi connectivity index (χ1n) is 4.25. The van der Waals surface area contributed by atoms with E-state index in [4.69, 9.17) is 11.6 Å². The van der Waals surface area contributed by atoms with Gasteiger partial charge in [-0.15, -0.1) is 0 Å². The Labute approximate surface area is 82.3 Å². The maximum Gasteiger partial charge on any atom is 0.269 e. The van der Waals surface area contributed by atoms with E-state index < -0.39 is 0 Å². The number of halogens is 1. The van der Waals surface area contributed by atoms with Crippen LogP contribution in [0.3, 0.4) is 0 Å². The smallest absolute Gasteiger partial charge is 0.268 e. The standard InChI is InChI=1S/C9H13ClN2O/c1-6(2)5-12-9(13)7(3)4-8(10)11-12/h4,6H,5H2,1-3H3. The molecule has 1 heterocycles. The summed E-state index contributed by atoms with van der Waals surface area (Å²) in [5.74, 6) is 0.392. The summed E-state index contributed by atoms with van der Waals surface area (Å²) >= 11 is 5.73. The zero-order valence-electron chi connectivity index (χ0n) is 8.04. The Morgan fingerprint density at radius 2 is 2.23 bits per heavy atom. The molecule has 0 aliphatic carbocycles. The lowest BCUT2D eigenvalue weighted by Gasteiger charge is -2.07. The van der Waals surface area contributed by atoms with Crippen molar-refractivity contribution in [2.75, 3.05) is 0 Å². The van der Waals surface area contributed by atoms with E-state index in [2.05, 4.69) is 5.10 Å². The van der Waals surface area contributed by atoms with Crippen LogP contribution in [-0.2, 0) is 6.54 Å². The zero-order chi connectivity index (χ0) is 10.0. The van der Waals surface area contributed by atoms with Crippen LogP contribution in [0.25, 0.3) is 0 Å². The molecule has 0 aliphatic heterocycles. The van der Waals surface area contributed by atoms with Crippen molar-refractivity contribution in [1.29, 1.82) is 0 Å². The molecule has 0 saturated carbocycles. The Kier molecular flexibility index (Phi) is 3.09. The molecule has 0 fully saturated rings. The second-order valence-corrected chi connectivity index (χ2v) is 3.92. The minimum absolute atomic E-state index is 0.0573. The van der Waals surface area contributed by atoms with Crippen LogP contribution in [0, 0.1) is 12.8 Å². The van der Waals surface area contributed by atoms with E-state index in [9.17, 15) is 4.79 Å². The van der Waals surface area contributed by atoms with Crippen LogP contribution in [0.15, 0.2) is 10.9 Å². The van der Waals surface area contributed by atoms with Gasteiger partial charge in [-0.3, -0.25) is 4.79 Å². The second kappa shape index (κ2) is 3.92. The van der Waals surface area contributed by atoms with Crippen molar-refractivity contribution in [1.82, 2.24) is 9.78 Å². The van der Waals surface area contributed by atoms with E-state index in [0.29, 0.717) is 23.2 Å². The van der Waals surface area contributed by atoms with Crippen molar-refractivity contribution in [2.45, 2.75) is 27.3 Å². The van der Waals surface area contributed by atoms with Gasteiger partial charge >= 0.3 is 0 Å². The number of aromatic nitrogens is 2. The Hall–Kier alpha value is -0.830. The maximum absolute atomic E-state index is 11.5. The second-order valence-electron chi connectivity index (χ2n) is 3.53. The quantitative estimate of drug-likeness (QED) is 0.731. The van der Waals surface area contributed by atoms with Gasteiger partial charge in [0.15, 0.2) is 0 Å². The van der Waals surface area contributed by atoms with Gasteiger partial charge in [-0.1, -0.05) is 25.4 Å². The lowest BCUT2D eigenvalue weighted by Crippen LogP contribution is -2.26. The Balaban J connectivity index is 3.13. The van der Waals surface area contributed by atoms with Gasteiger partial charge in [0.2, 0.25) is 0 Å². The van der Waals surface area contributed by atoms with Crippen molar-refractivity contribution in [2.24, 2.45) is 5.92 Å². The van der Waals surface area contributed by atoms with Gasteiger partial charge in [0.25, 0.3) is 5.56 Å². The molecule has 0 spiro atoms. The summed E-state index contributed by atoms with van der Waals surface area (Å²) in [4.78, 5) is 11.5. The van der Waals surface area contributed by atoms with Crippen LogP contribution in [0.2, 0.25) is 5.15 Å². The highest BCUT2D eigenvalue weighted by Crippen LogP contribution is 2.03. The number of aryl methyl sites for hydroxylation is 1. The summed E-state index contributed by atoms with van der Waals surface area (Å²) in [6.07, 6.45) is 0. The molecule has 0 bridgehead atoms. The topological polar surface area (TPSA) is 34.9 Å². The predicted octanol–water partition coefficient (Wildman–Crippen LogP) is 1.86. The highest BCUT2D eigenvalue weighted by atomic mass is 35.5. The molecule has 0 unspecified atom stereocenters. The molecule has 3 nitrogen and oxygen atoms in total. The fraction of sp³-hybridized carbons (Fsp3) is 0.556. The minimum atomic E-state index is -0.0573. The van der Waals surface area contributed by atoms with E-state index in [0.717, 1.165) is 0 Å². The summed E-state index contributed by atoms with van der Waals surface area (Å²) in [6.45, 7) is 6.42. The van der Waals surface area contributed by atoms with Crippen LogP contribution in [0.1, 0.15) is 19.4 Å². The predicted molar refractivity (Wildman–Crippen MR) is 53.1 cm³/mol. The molecule has 72 valence electrons. The van der Waals surface area contributed by atoms with Gasteiger partial charge in [0, 0.05) is 12.1 Å². The molecular formula is C9H13ClN2O. The van der Waals surface area contributed by atoms with E-state index >= 15 is 0 Å². The number of hydrogen-bond donors (Lipinski definition) is 0. The normalized spacial score (nSPS) is 10.8. The largest absolute Gasteiger partial charge is 0.269 e. The lowest BCUT2D eigenvalue weighted by molar-refractivity contribution is 0.462. The molecular weight excluding hydrogens is 188 g/mol. The van der Waals surface area contributed by atoms with Gasteiger partial charge in [0.05, 0.1) is 0 Å². The van der Waals surface area contributed by atoms with Crippen molar-refractivity contribution >= 4 is 11.6 Å². The SMILES string of the molecule is Cc1cc(Cl)nn(CC(C)C)c1=O. The average Bonchev–Trinajstić information content (AvgIpc) is 1.98. The van der Waals surface area contributed by atoms with Gasteiger partial charge in [-0.2, -0.15) is 5.10 Å². The van der Waals surface area contributed by atoms with E-state index in [1.165, 1.54) is 4.68 Å². The molecule has 0 radical (unpaired) electrons. The van der Waals surface area contributed by atoms with Crippen molar-refractivity contribution in [3.05, 3.63) is 27.1 Å². The molecule has 0 amide bonds. The van der Waals surface area contributed by atoms with Gasteiger partial charge in [-0.25, -0.2) is 4.68 Å². The van der Waals surface area contributed by atoms with Crippen molar-refractivity contribution < 1.29 is 0 Å². The minimum Gasteiger partial charge on any atom is -0.268 e. The molecule has 1 aromatic heterocycles. The third-order valence-corrected chi connectivity index (χ3v) is 1.85. The summed E-state index contributed by atoms with van der Waals surface area (Å²) in [5, 5.41) is 4.32. The number of nitrogens with zero attached hydrogens (tertiary/aromatic N) is 2. The third kappa shape index (κ3) is 2.56. The van der Waals surface area contributed by atoms with Crippen LogP contribution >= 0.6 is 11.6 Å². The Morgan fingerprint density at radius 1 is 1.62 bits per heavy atom. The average molecular weight is 201 g/mol. The summed E-state index contributed by atoms with van der Waals surface area (Å²) in [6, 6.07) is 1.58. The van der Waals surface area contributed by atoms with Crippen LogP contribution in [0.5, 0.6) is 0 Å². The molecule has 0 atom stereocenters.